The third kappa shape index (κ3) is 3.62. The van der Waals surface area contributed by atoms with Crippen LogP contribution in [0.1, 0.15) is 30.2 Å². The molecule has 3 atom stereocenters. The molecule has 2 aliphatic rings. The quantitative estimate of drug-likeness (QED) is 0.819. The average molecular weight is 382 g/mol. The van der Waals surface area contributed by atoms with Crippen LogP contribution >= 0.6 is 0 Å². The molecule has 0 saturated carbocycles. The molecule has 4 rings (SSSR count). The standard InChI is InChI=1S/C21H23FN4O2/c1-14-12-23-8-7-17(14)18-11-20(27)25(2)21(24-18)26-9-10-28-19(13-26)15-3-5-16(22)6-4-15/h3-8,11-12,14,17,19H,9-10,13H2,1-2H3/t14?,17?,19-/m1/s1. The Kier molecular flexibility index (Phi) is 5.09. The summed E-state index contributed by atoms with van der Waals surface area (Å²) in [6.07, 6.45) is 5.41. The second-order valence-electron chi connectivity index (χ2n) is 7.26. The number of hydrogen-bond acceptors (Lipinski definition) is 5. The van der Waals surface area contributed by atoms with E-state index in [4.69, 9.17) is 9.72 Å². The first-order chi connectivity index (χ1) is 13.5. The Morgan fingerprint density at radius 2 is 2.04 bits per heavy atom. The Balaban J connectivity index is 1.64. The van der Waals surface area contributed by atoms with Gasteiger partial charge >= 0.3 is 0 Å². The van der Waals surface area contributed by atoms with Gasteiger partial charge in [0.25, 0.3) is 5.56 Å². The Labute approximate surface area is 163 Å². The lowest BCUT2D eigenvalue weighted by atomic mass is 9.90. The zero-order valence-corrected chi connectivity index (χ0v) is 16.0. The number of aromatic nitrogens is 2. The average Bonchev–Trinajstić information content (AvgIpc) is 2.71. The van der Waals surface area contributed by atoms with Crippen LogP contribution < -0.4 is 10.5 Å². The van der Waals surface area contributed by atoms with Crippen LogP contribution in [0, 0.1) is 11.7 Å². The zero-order valence-electron chi connectivity index (χ0n) is 16.0. The van der Waals surface area contributed by atoms with Crippen molar-refractivity contribution in [1.82, 2.24) is 9.55 Å². The molecule has 2 aliphatic heterocycles. The summed E-state index contributed by atoms with van der Waals surface area (Å²) in [6.45, 7) is 3.76. The van der Waals surface area contributed by atoms with Gasteiger partial charge in [0.2, 0.25) is 5.95 Å². The highest BCUT2D eigenvalue weighted by atomic mass is 19.1. The summed E-state index contributed by atoms with van der Waals surface area (Å²) in [7, 11) is 1.73. The van der Waals surface area contributed by atoms with E-state index in [9.17, 15) is 9.18 Å². The largest absolute Gasteiger partial charge is 0.370 e. The summed E-state index contributed by atoms with van der Waals surface area (Å²) in [5.74, 6) is 0.556. The molecule has 1 aromatic heterocycles. The van der Waals surface area contributed by atoms with Gasteiger partial charge in [0.1, 0.15) is 11.9 Å². The molecule has 2 unspecified atom stereocenters. The van der Waals surface area contributed by atoms with Gasteiger partial charge in [-0.2, -0.15) is 0 Å². The number of benzene rings is 1. The molecule has 28 heavy (non-hydrogen) atoms. The summed E-state index contributed by atoms with van der Waals surface area (Å²) in [5.41, 5.74) is 1.57. The number of nitrogens with zero attached hydrogens (tertiary/aromatic N) is 4. The van der Waals surface area contributed by atoms with E-state index < -0.39 is 0 Å². The van der Waals surface area contributed by atoms with E-state index >= 15 is 0 Å². The van der Waals surface area contributed by atoms with Crippen molar-refractivity contribution in [2.75, 3.05) is 24.6 Å². The monoisotopic (exact) mass is 382 g/mol. The fraction of sp³-hybridized carbons (Fsp3) is 0.381. The van der Waals surface area contributed by atoms with E-state index in [0.717, 1.165) is 11.3 Å². The van der Waals surface area contributed by atoms with Crippen LogP contribution in [0.4, 0.5) is 10.3 Å². The number of anilines is 1. The van der Waals surface area contributed by atoms with E-state index in [2.05, 4.69) is 16.8 Å². The molecule has 0 N–H and O–H groups in total. The molecular weight excluding hydrogens is 359 g/mol. The number of morpholine rings is 1. The number of halogens is 1. The molecule has 0 aliphatic carbocycles. The highest BCUT2D eigenvalue weighted by Crippen LogP contribution is 2.28. The lowest BCUT2D eigenvalue weighted by Gasteiger charge is -2.35. The van der Waals surface area contributed by atoms with E-state index in [-0.39, 0.29) is 29.3 Å². The molecule has 0 spiro atoms. The Morgan fingerprint density at radius 1 is 1.25 bits per heavy atom. The van der Waals surface area contributed by atoms with E-state index in [1.165, 1.54) is 12.1 Å². The van der Waals surface area contributed by atoms with Crippen LogP contribution in [-0.2, 0) is 11.8 Å². The first kappa shape index (κ1) is 18.6. The maximum absolute atomic E-state index is 13.2. The molecule has 1 aromatic carbocycles. The highest BCUT2D eigenvalue weighted by Gasteiger charge is 2.27. The fourth-order valence-corrected chi connectivity index (χ4v) is 3.67. The van der Waals surface area contributed by atoms with Gasteiger partial charge in [-0.25, -0.2) is 9.37 Å². The van der Waals surface area contributed by atoms with Crippen LogP contribution in [0.25, 0.3) is 0 Å². The van der Waals surface area contributed by atoms with Crippen molar-refractivity contribution >= 4 is 12.2 Å². The number of aliphatic imine (C=N–C) groups is 1. The second kappa shape index (κ2) is 7.67. The predicted octanol–water partition coefficient (Wildman–Crippen LogP) is 2.82. The number of hydrogen-bond donors (Lipinski definition) is 0. The van der Waals surface area contributed by atoms with Crippen molar-refractivity contribution in [1.29, 1.82) is 0 Å². The number of ether oxygens (including phenoxy) is 1. The van der Waals surface area contributed by atoms with Crippen molar-refractivity contribution in [3.05, 3.63) is 70.0 Å². The van der Waals surface area contributed by atoms with E-state index in [1.54, 1.807) is 36.0 Å². The Morgan fingerprint density at radius 3 is 2.79 bits per heavy atom. The first-order valence-corrected chi connectivity index (χ1v) is 9.43. The topological polar surface area (TPSA) is 59.7 Å². The minimum absolute atomic E-state index is 0.0269. The lowest BCUT2D eigenvalue weighted by molar-refractivity contribution is 0.0389. The highest BCUT2D eigenvalue weighted by molar-refractivity contribution is 5.64. The minimum Gasteiger partial charge on any atom is -0.370 e. The Hall–Kier alpha value is -2.80. The lowest BCUT2D eigenvalue weighted by Crippen LogP contribution is -2.42. The minimum atomic E-state index is -0.272. The van der Waals surface area contributed by atoms with Gasteiger partial charge in [0, 0.05) is 43.9 Å². The molecule has 0 radical (unpaired) electrons. The SMILES string of the molecule is CC1C=NC=CC1c1cc(=O)n(C)c(N2CCO[C@@H](c3ccc(F)cc3)C2)n1. The van der Waals surface area contributed by atoms with Gasteiger partial charge in [-0.15, -0.1) is 0 Å². The third-order valence-corrected chi connectivity index (χ3v) is 5.33. The molecule has 6 nitrogen and oxygen atoms in total. The maximum atomic E-state index is 13.2. The van der Waals surface area contributed by atoms with Gasteiger partial charge in [-0.3, -0.25) is 14.4 Å². The summed E-state index contributed by atoms with van der Waals surface area (Å²) in [4.78, 5) is 23.7. The van der Waals surface area contributed by atoms with Crippen LogP contribution in [0.5, 0.6) is 0 Å². The van der Waals surface area contributed by atoms with E-state index in [0.29, 0.717) is 25.6 Å². The van der Waals surface area contributed by atoms with Crippen molar-refractivity contribution < 1.29 is 9.13 Å². The van der Waals surface area contributed by atoms with Crippen LogP contribution in [0.15, 0.2) is 52.4 Å². The molecule has 7 heteroatoms. The van der Waals surface area contributed by atoms with Gasteiger partial charge in [-0.1, -0.05) is 25.1 Å². The summed E-state index contributed by atoms with van der Waals surface area (Å²) in [6, 6.07) is 7.95. The van der Waals surface area contributed by atoms with Crippen LogP contribution in [0.3, 0.4) is 0 Å². The molecule has 1 fully saturated rings. The predicted molar refractivity (Wildman–Crippen MR) is 106 cm³/mol. The van der Waals surface area contributed by atoms with Gasteiger partial charge in [0.15, 0.2) is 0 Å². The summed E-state index contributed by atoms with van der Waals surface area (Å²) in [5, 5.41) is 0. The normalized spacial score (nSPS) is 24.5. The molecule has 0 amide bonds. The zero-order chi connectivity index (χ0) is 19.7. The fourth-order valence-electron chi connectivity index (χ4n) is 3.67. The smallest absolute Gasteiger partial charge is 0.254 e. The number of allylic oxidation sites excluding steroid dienone is 1. The maximum Gasteiger partial charge on any atom is 0.254 e. The first-order valence-electron chi connectivity index (χ1n) is 9.43. The summed E-state index contributed by atoms with van der Waals surface area (Å²) < 4.78 is 20.7. The summed E-state index contributed by atoms with van der Waals surface area (Å²) >= 11 is 0. The van der Waals surface area contributed by atoms with Gasteiger partial charge in [0.05, 0.1) is 18.8 Å². The molecule has 3 heterocycles. The van der Waals surface area contributed by atoms with Crippen molar-refractivity contribution in [2.24, 2.45) is 18.0 Å². The van der Waals surface area contributed by atoms with Gasteiger partial charge in [-0.05, 0) is 17.7 Å². The van der Waals surface area contributed by atoms with Crippen molar-refractivity contribution in [3.8, 4) is 0 Å². The molecule has 0 bridgehead atoms. The molecule has 1 saturated heterocycles. The van der Waals surface area contributed by atoms with Gasteiger partial charge < -0.3 is 9.64 Å². The second-order valence-corrected chi connectivity index (χ2v) is 7.26. The number of rotatable bonds is 3. The van der Waals surface area contributed by atoms with Crippen molar-refractivity contribution in [3.63, 3.8) is 0 Å². The molecule has 2 aromatic rings. The van der Waals surface area contributed by atoms with Crippen LogP contribution in [-0.4, -0.2) is 35.5 Å². The molecular formula is C21H23FN4O2. The van der Waals surface area contributed by atoms with Crippen LogP contribution in [0.2, 0.25) is 0 Å². The van der Waals surface area contributed by atoms with Crippen molar-refractivity contribution in [2.45, 2.75) is 18.9 Å². The Bertz CT molecular complexity index is 967. The third-order valence-electron chi connectivity index (χ3n) is 5.33. The van der Waals surface area contributed by atoms with E-state index in [1.807, 2.05) is 12.3 Å². The molecule has 146 valence electrons.